The summed E-state index contributed by atoms with van der Waals surface area (Å²) >= 11 is 0. The molecule has 3 rings (SSSR count). The van der Waals surface area contributed by atoms with Crippen LogP contribution in [0.3, 0.4) is 0 Å². The molecule has 2 heterocycles. The zero-order valence-corrected chi connectivity index (χ0v) is 15.4. The number of hydrogen-bond donors (Lipinski definition) is 0. The fourth-order valence-electron chi connectivity index (χ4n) is 4.22. The van der Waals surface area contributed by atoms with Crippen LogP contribution in [0.15, 0.2) is 6.07 Å². The van der Waals surface area contributed by atoms with E-state index >= 15 is 0 Å². The van der Waals surface area contributed by atoms with E-state index in [4.69, 9.17) is 4.98 Å². The van der Waals surface area contributed by atoms with E-state index in [0.29, 0.717) is 12.1 Å². The van der Waals surface area contributed by atoms with E-state index in [-0.39, 0.29) is 0 Å². The summed E-state index contributed by atoms with van der Waals surface area (Å²) in [4.78, 5) is 10.2. The van der Waals surface area contributed by atoms with Gasteiger partial charge in [0, 0.05) is 56.1 Å². The van der Waals surface area contributed by atoms with Gasteiger partial charge in [-0.05, 0) is 64.5 Å². The monoisotopic (exact) mass is 315 g/mol. The first kappa shape index (κ1) is 16.9. The zero-order chi connectivity index (χ0) is 16.4. The van der Waals surface area contributed by atoms with Crippen LogP contribution in [-0.4, -0.2) is 46.5 Å². The van der Waals surface area contributed by atoms with Gasteiger partial charge < -0.3 is 0 Å². The average Bonchev–Trinajstić information content (AvgIpc) is 2.52. The maximum atomic E-state index is 5.00. The van der Waals surface area contributed by atoms with E-state index in [9.17, 15) is 0 Å². The molecule has 3 heteroatoms. The molecule has 0 aromatic carbocycles. The minimum atomic E-state index is 0.626. The van der Waals surface area contributed by atoms with Crippen molar-refractivity contribution in [2.45, 2.75) is 78.4 Å². The van der Waals surface area contributed by atoms with Gasteiger partial charge in [0.15, 0.2) is 0 Å². The van der Waals surface area contributed by atoms with Crippen LogP contribution in [0.4, 0.5) is 0 Å². The van der Waals surface area contributed by atoms with E-state index in [1.165, 1.54) is 67.8 Å². The fourth-order valence-corrected chi connectivity index (χ4v) is 4.22. The molecule has 1 aliphatic heterocycles. The molecule has 0 unspecified atom stereocenters. The van der Waals surface area contributed by atoms with Gasteiger partial charge in [0.25, 0.3) is 0 Å². The molecular formula is C20H33N3. The van der Waals surface area contributed by atoms with Crippen LogP contribution < -0.4 is 0 Å². The third kappa shape index (κ3) is 3.95. The summed E-state index contributed by atoms with van der Waals surface area (Å²) in [6.07, 6.45) is 6.24. The van der Waals surface area contributed by atoms with Crippen LogP contribution in [0.5, 0.6) is 0 Å². The Balaban J connectivity index is 1.63. The molecule has 0 saturated heterocycles. The van der Waals surface area contributed by atoms with E-state index in [1.54, 1.807) is 0 Å². The lowest BCUT2D eigenvalue weighted by atomic mass is 9.92. The molecular weight excluding hydrogens is 282 g/mol. The number of aryl methyl sites for hydroxylation is 2. The first-order chi connectivity index (χ1) is 11.0. The summed E-state index contributed by atoms with van der Waals surface area (Å²) in [5.41, 5.74) is 5.81. The van der Waals surface area contributed by atoms with Crippen LogP contribution in [0.2, 0.25) is 0 Å². The largest absolute Gasteiger partial charge is 0.297 e. The maximum absolute atomic E-state index is 5.00. The molecule has 0 bridgehead atoms. The zero-order valence-electron chi connectivity index (χ0n) is 15.4. The van der Waals surface area contributed by atoms with Crippen LogP contribution >= 0.6 is 0 Å². The van der Waals surface area contributed by atoms with Crippen molar-refractivity contribution in [3.8, 4) is 0 Å². The molecule has 23 heavy (non-hydrogen) atoms. The minimum Gasteiger partial charge on any atom is -0.297 e. The van der Waals surface area contributed by atoms with Gasteiger partial charge in [-0.3, -0.25) is 14.8 Å². The Labute approximate surface area is 142 Å². The second-order valence-electron chi connectivity index (χ2n) is 7.86. The third-order valence-corrected chi connectivity index (χ3v) is 5.53. The van der Waals surface area contributed by atoms with E-state index < -0.39 is 0 Å². The quantitative estimate of drug-likeness (QED) is 0.830. The third-order valence-electron chi connectivity index (χ3n) is 5.53. The summed E-state index contributed by atoms with van der Waals surface area (Å²) in [5.74, 6) is 0. The molecule has 1 aromatic rings. The van der Waals surface area contributed by atoms with E-state index in [1.807, 2.05) is 0 Å². The molecule has 1 aliphatic carbocycles. The molecule has 0 radical (unpaired) electrons. The van der Waals surface area contributed by atoms with Gasteiger partial charge in [-0.2, -0.15) is 0 Å². The van der Waals surface area contributed by atoms with Crippen LogP contribution in [0, 0.1) is 0 Å². The summed E-state index contributed by atoms with van der Waals surface area (Å²) in [7, 11) is 0. The number of aromatic nitrogens is 1. The lowest BCUT2D eigenvalue weighted by molar-refractivity contribution is 0.138. The summed E-state index contributed by atoms with van der Waals surface area (Å²) in [6.45, 7) is 13.8. The molecule has 0 atom stereocenters. The number of nitrogens with zero attached hydrogens (tertiary/aromatic N) is 3. The van der Waals surface area contributed by atoms with E-state index in [0.717, 1.165) is 13.0 Å². The fraction of sp³-hybridized carbons (Fsp3) is 0.750. The summed E-state index contributed by atoms with van der Waals surface area (Å²) in [5, 5.41) is 0. The van der Waals surface area contributed by atoms with Crippen molar-refractivity contribution in [1.29, 1.82) is 0 Å². The van der Waals surface area contributed by atoms with Crippen molar-refractivity contribution in [2.75, 3.05) is 19.6 Å². The number of rotatable bonds is 5. The Kier molecular flexibility index (Phi) is 5.38. The Bertz CT molecular complexity index is 528. The summed E-state index contributed by atoms with van der Waals surface area (Å²) < 4.78 is 0. The second-order valence-corrected chi connectivity index (χ2v) is 7.86. The molecule has 0 fully saturated rings. The predicted molar refractivity (Wildman–Crippen MR) is 96.8 cm³/mol. The van der Waals surface area contributed by atoms with Crippen molar-refractivity contribution >= 4 is 0 Å². The number of fused-ring (bicyclic) bond motifs is 2. The van der Waals surface area contributed by atoms with Crippen molar-refractivity contribution < 1.29 is 0 Å². The van der Waals surface area contributed by atoms with Crippen molar-refractivity contribution in [1.82, 2.24) is 14.8 Å². The highest BCUT2D eigenvalue weighted by atomic mass is 15.2. The lowest BCUT2D eigenvalue weighted by Gasteiger charge is -2.35. The van der Waals surface area contributed by atoms with Gasteiger partial charge in [-0.1, -0.05) is 6.07 Å². The Hall–Kier alpha value is -0.930. The van der Waals surface area contributed by atoms with Crippen molar-refractivity contribution in [3.63, 3.8) is 0 Å². The average molecular weight is 316 g/mol. The first-order valence-electron chi connectivity index (χ1n) is 9.53. The molecule has 0 N–H and O–H groups in total. The molecule has 0 saturated carbocycles. The molecule has 0 amide bonds. The van der Waals surface area contributed by atoms with Gasteiger partial charge >= 0.3 is 0 Å². The maximum Gasteiger partial charge on any atom is 0.0464 e. The van der Waals surface area contributed by atoms with Gasteiger partial charge in [-0.15, -0.1) is 0 Å². The highest BCUT2D eigenvalue weighted by molar-refractivity contribution is 5.33. The number of hydrogen-bond acceptors (Lipinski definition) is 3. The van der Waals surface area contributed by atoms with Gasteiger partial charge in [0.2, 0.25) is 0 Å². The SMILES string of the molecule is CC(C)N(CCN1CCc2nc3c(cc2C1)CCCC3)C(C)C. The normalized spacial score (nSPS) is 18.6. The lowest BCUT2D eigenvalue weighted by Crippen LogP contribution is -2.43. The molecule has 2 aliphatic rings. The van der Waals surface area contributed by atoms with Crippen molar-refractivity contribution in [2.24, 2.45) is 0 Å². The highest BCUT2D eigenvalue weighted by Gasteiger charge is 2.22. The standard InChI is InChI=1S/C20H33N3/c1-15(2)23(16(3)4)12-11-22-10-9-20-18(14-22)13-17-7-5-6-8-19(17)21-20/h13,15-16H,5-12,14H2,1-4H3. The summed E-state index contributed by atoms with van der Waals surface area (Å²) in [6, 6.07) is 3.73. The van der Waals surface area contributed by atoms with Crippen LogP contribution in [0.25, 0.3) is 0 Å². The number of pyridine rings is 1. The molecule has 128 valence electrons. The van der Waals surface area contributed by atoms with E-state index in [2.05, 4.69) is 43.6 Å². The van der Waals surface area contributed by atoms with Gasteiger partial charge in [0.1, 0.15) is 0 Å². The van der Waals surface area contributed by atoms with Crippen molar-refractivity contribution in [3.05, 3.63) is 28.6 Å². The first-order valence-corrected chi connectivity index (χ1v) is 9.53. The molecule has 3 nitrogen and oxygen atoms in total. The second kappa shape index (κ2) is 7.31. The molecule has 1 aromatic heterocycles. The van der Waals surface area contributed by atoms with Gasteiger partial charge in [-0.25, -0.2) is 0 Å². The van der Waals surface area contributed by atoms with Gasteiger partial charge in [0.05, 0.1) is 0 Å². The highest BCUT2D eigenvalue weighted by Crippen LogP contribution is 2.25. The minimum absolute atomic E-state index is 0.626. The smallest absolute Gasteiger partial charge is 0.0464 e. The Morgan fingerprint density at radius 3 is 2.43 bits per heavy atom. The topological polar surface area (TPSA) is 19.4 Å². The predicted octanol–water partition coefficient (Wildman–Crippen LogP) is 3.44. The Morgan fingerprint density at radius 1 is 1.00 bits per heavy atom. The Morgan fingerprint density at radius 2 is 1.70 bits per heavy atom. The molecule has 0 spiro atoms. The van der Waals surface area contributed by atoms with Crippen LogP contribution in [0.1, 0.15) is 63.1 Å². The van der Waals surface area contributed by atoms with Crippen LogP contribution in [-0.2, 0) is 25.8 Å².